The van der Waals surface area contributed by atoms with Crippen molar-refractivity contribution in [2.24, 2.45) is 5.92 Å². The Balaban J connectivity index is 1.44. The van der Waals surface area contributed by atoms with Gasteiger partial charge in [-0.3, -0.25) is 4.90 Å². The van der Waals surface area contributed by atoms with Crippen LogP contribution in [-0.4, -0.2) is 42.5 Å². The molecule has 5 heteroatoms. The number of hydrogen-bond donors (Lipinski definition) is 0. The number of hydrogen-bond acceptors (Lipinski definition) is 5. The minimum Gasteiger partial charge on any atom is -0.348 e. The standard InChI is InChI=1S/C15H24N2O2S/c1-12-11-20-14(16-12)10-17(2)9-13-3-5-15(6-4-13)18-7-8-19-15/h11,13H,3-10H2,1-2H3. The second-order valence-electron chi connectivity index (χ2n) is 6.13. The van der Waals surface area contributed by atoms with Crippen LogP contribution in [0.15, 0.2) is 5.38 Å². The molecule has 20 heavy (non-hydrogen) atoms. The van der Waals surface area contributed by atoms with E-state index < -0.39 is 0 Å². The van der Waals surface area contributed by atoms with Gasteiger partial charge in [0, 0.05) is 30.5 Å². The summed E-state index contributed by atoms with van der Waals surface area (Å²) >= 11 is 1.76. The van der Waals surface area contributed by atoms with Crippen LogP contribution < -0.4 is 0 Å². The van der Waals surface area contributed by atoms with Crippen molar-refractivity contribution in [2.75, 3.05) is 26.8 Å². The highest BCUT2D eigenvalue weighted by Crippen LogP contribution is 2.38. The first-order valence-electron chi connectivity index (χ1n) is 7.53. The van der Waals surface area contributed by atoms with Gasteiger partial charge in [0.15, 0.2) is 5.79 Å². The summed E-state index contributed by atoms with van der Waals surface area (Å²) in [6, 6.07) is 0. The lowest BCUT2D eigenvalue weighted by Crippen LogP contribution is -2.38. The Bertz CT molecular complexity index is 433. The van der Waals surface area contributed by atoms with Gasteiger partial charge >= 0.3 is 0 Å². The molecule has 2 aliphatic rings. The highest BCUT2D eigenvalue weighted by molar-refractivity contribution is 7.09. The molecule has 0 aromatic carbocycles. The molecular formula is C15H24N2O2S. The van der Waals surface area contributed by atoms with Gasteiger partial charge < -0.3 is 9.47 Å². The second-order valence-corrected chi connectivity index (χ2v) is 7.07. The van der Waals surface area contributed by atoms with Crippen LogP contribution in [0.4, 0.5) is 0 Å². The molecule has 1 aromatic heterocycles. The summed E-state index contributed by atoms with van der Waals surface area (Å²) in [4.78, 5) is 6.94. The highest BCUT2D eigenvalue weighted by Gasteiger charge is 2.40. The van der Waals surface area contributed by atoms with Crippen LogP contribution in [-0.2, 0) is 16.0 Å². The van der Waals surface area contributed by atoms with Crippen LogP contribution in [0.5, 0.6) is 0 Å². The molecule has 4 nitrogen and oxygen atoms in total. The molecule has 1 aliphatic carbocycles. The van der Waals surface area contributed by atoms with E-state index in [4.69, 9.17) is 9.47 Å². The third-order valence-corrected chi connectivity index (χ3v) is 5.27. The van der Waals surface area contributed by atoms with E-state index in [0.29, 0.717) is 0 Å². The van der Waals surface area contributed by atoms with Gasteiger partial charge in [-0.2, -0.15) is 0 Å². The fourth-order valence-electron chi connectivity index (χ4n) is 3.30. The Kier molecular flexibility index (Phi) is 4.40. The molecule has 0 bridgehead atoms. The van der Waals surface area contributed by atoms with E-state index in [1.165, 1.54) is 17.8 Å². The van der Waals surface area contributed by atoms with Crippen molar-refractivity contribution in [3.63, 3.8) is 0 Å². The largest absolute Gasteiger partial charge is 0.348 e. The molecule has 1 saturated heterocycles. The molecule has 2 fully saturated rings. The Hall–Kier alpha value is -0.490. The van der Waals surface area contributed by atoms with E-state index in [-0.39, 0.29) is 5.79 Å². The molecule has 0 atom stereocenters. The fourth-order valence-corrected chi connectivity index (χ4v) is 4.15. The van der Waals surface area contributed by atoms with Crippen LogP contribution in [0.3, 0.4) is 0 Å². The maximum absolute atomic E-state index is 5.79. The predicted molar refractivity (Wildman–Crippen MR) is 79.8 cm³/mol. The number of ether oxygens (including phenoxy) is 2. The summed E-state index contributed by atoms with van der Waals surface area (Å²) in [5.74, 6) is 0.543. The number of thiazole rings is 1. The third-order valence-electron chi connectivity index (χ3n) is 4.32. The molecule has 1 spiro atoms. The summed E-state index contributed by atoms with van der Waals surface area (Å²) in [6.07, 6.45) is 4.53. The van der Waals surface area contributed by atoms with E-state index in [0.717, 1.165) is 50.8 Å². The van der Waals surface area contributed by atoms with Crippen molar-refractivity contribution in [2.45, 2.75) is 44.9 Å². The van der Waals surface area contributed by atoms with Crippen LogP contribution >= 0.6 is 11.3 Å². The molecule has 2 heterocycles. The quantitative estimate of drug-likeness (QED) is 0.856. The normalized spacial score (nSPS) is 22.9. The Morgan fingerprint density at radius 2 is 2.05 bits per heavy atom. The lowest BCUT2D eigenvalue weighted by Gasteiger charge is -2.36. The third kappa shape index (κ3) is 3.39. The summed E-state index contributed by atoms with van der Waals surface area (Å²) in [5.41, 5.74) is 1.13. The number of nitrogens with zero attached hydrogens (tertiary/aromatic N) is 2. The smallest absolute Gasteiger partial charge is 0.168 e. The van der Waals surface area contributed by atoms with Gasteiger partial charge in [-0.25, -0.2) is 4.98 Å². The summed E-state index contributed by atoms with van der Waals surface area (Å²) in [7, 11) is 2.20. The van der Waals surface area contributed by atoms with Gasteiger partial charge in [0.1, 0.15) is 5.01 Å². The van der Waals surface area contributed by atoms with Gasteiger partial charge in [0.2, 0.25) is 0 Å². The molecule has 0 N–H and O–H groups in total. The van der Waals surface area contributed by atoms with Gasteiger partial charge in [-0.05, 0) is 32.7 Å². The lowest BCUT2D eigenvalue weighted by atomic mass is 9.85. The van der Waals surface area contributed by atoms with Crippen molar-refractivity contribution in [1.82, 2.24) is 9.88 Å². The molecule has 0 unspecified atom stereocenters. The Morgan fingerprint density at radius 1 is 1.35 bits per heavy atom. The molecular weight excluding hydrogens is 272 g/mol. The van der Waals surface area contributed by atoms with Crippen LogP contribution in [0.2, 0.25) is 0 Å². The zero-order valence-electron chi connectivity index (χ0n) is 12.4. The molecule has 0 amide bonds. The van der Waals surface area contributed by atoms with Crippen LogP contribution in [0.25, 0.3) is 0 Å². The first-order valence-corrected chi connectivity index (χ1v) is 8.41. The van der Waals surface area contributed by atoms with Gasteiger partial charge in [-0.15, -0.1) is 11.3 Å². The fraction of sp³-hybridized carbons (Fsp3) is 0.800. The first-order chi connectivity index (χ1) is 9.65. The predicted octanol–water partition coefficient (Wildman–Crippen LogP) is 2.82. The van der Waals surface area contributed by atoms with E-state index in [1.807, 2.05) is 0 Å². The SMILES string of the molecule is Cc1csc(CN(C)CC2CCC3(CC2)OCCO3)n1. The summed E-state index contributed by atoms with van der Waals surface area (Å²) in [5, 5.41) is 3.35. The molecule has 3 rings (SSSR count). The van der Waals surface area contributed by atoms with E-state index >= 15 is 0 Å². The zero-order valence-corrected chi connectivity index (χ0v) is 13.2. The molecule has 1 saturated carbocycles. The van der Waals surface area contributed by atoms with Crippen molar-refractivity contribution in [3.8, 4) is 0 Å². The number of rotatable bonds is 4. The molecule has 0 radical (unpaired) electrons. The van der Waals surface area contributed by atoms with E-state index in [9.17, 15) is 0 Å². The minimum absolute atomic E-state index is 0.221. The molecule has 112 valence electrons. The molecule has 1 aromatic rings. The average Bonchev–Trinajstić information content (AvgIpc) is 3.03. The van der Waals surface area contributed by atoms with Crippen LogP contribution in [0, 0.1) is 12.8 Å². The molecule has 1 aliphatic heterocycles. The first kappa shape index (κ1) is 14.4. The maximum Gasteiger partial charge on any atom is 0.168 e. The minimum atomic E-state index is -0.221. The van der Waals surface area contributed by atoms with Crippen molar-refractivity contribution < 1.29 is 9.47 Å². The lowest BCUT2D eigenvalue weighted by molar-refractivity contribution is -0.183. The van der Waals surface area contributed by atoms with E-state index in [2.05, 4.69) is 29.2 Å². The second kappa shape index (κ2) is 6.10. The van der Waals surface area contributed by atoms with Gasteiger partial charge in [0.25, 0.3) is 0 Å². The van der Waals surface area contributed by atoms with Crippen molar-refractivity contribution >= 4 is 11.3 Å². The van der Waals surface area contributed by atoms with E-state index in [1.54, 1.807) is 11.3 Å². The van der Waals surface area contributed by atoms with Gasteiger partial charge in [-0.1, -0.05) is 0 Å². The Labute approximate surface area is 125 Å². The highest BCUT2D eigenvalue weighted by atomic mass is 32.1. The number of aryl methyl sites for hydroxylation is 1. The maximum atomic E-state index is 5.79. The topological polar surface area (TPSA) is 34.6 Å². The zero-order chi connectivity index (χ0) is 14.0. The summed E-state index contributed by atoms with van der Waals surface area (Å²) < 4.78 is 11.6. The summed E-state index contributed by atoms with van der Waals surface area (Å²) in [6.45, 7) is 5.71. The van der Waals surface area contributed by atoms with Crippen LogP contribution in [0.1, 0.15) is 36.4 Å². The number of aromatic nitrogens is 1. The average molecular weight is 296 g/mol. The van der Waals surface area contributed by atoms with Crippen molar-refractivity contribution in [1.29, 1.82) is 0 Å². The van der Waals surface area contributed by atoms with Gasteiger partial charge in [0.05, 0.1) is 19.8 Å². The monoisotopic (exact) mass is 296 g/mol. The van der Waals surface area contributed by atoms with Crippen molar-refractivity contribution in [3.05, 3.63) is 16.1 Å². The Morgan fingerprint density at radius 3 is 2.65 bits per heavy atom.